The lowest BCUT2D eigenvalue weighted by Crippen LogP contribution is -2.39. The van der Waals surface area contributed by atoms with Gasteiger partial charge in [-0.15, -0.1) is 0 Å². The molecule has 1 amide bonds. The first-order valence-electron chi connectivity index (χ1n) is 12.2. The van der Waals surface area contributed by atoms with Crippen LogP contribution in [0.1, 0.15) is 34.0 Å². The minimum atomic E-state index is -0.452. The molecule has 0 radical (unpaired) electrons. The fourth-order valence-electron chi connectivity index (χ4n) is 5.42. The number of nitro benzene ring substituents is 1. The maximum atomic E-state index is 13.6. The molecule has 0 aliphatic carbocycles. The lowest BCUT2D eigenvalue weighted by Gasteiger charge is -2.36. The van der Waals surface area contributed by atoms with Crippen LogP contribution >= 0.6 is 11.6 Å². The van der Waals surface area contributed by atoms with Crippen molar-refractivity contribution in [3.05, 3.63) is 116 Å². The summed E-state index contributed by atoms with van der Waals surface area (Å²) >= 11 is 6.24. The number of halogens is 1. The molecule has 8 heteroatoms. The summed E-state index contributed by atoms with van der Waals surface area (Å²) in [6, 6.07) is 18.5. The Morgan fingerprint density at radius 1 is 1.16 bits per heavy atom. The molecule has 7 nitrogen and oxygen atoms in total. The maximum Gasteiger partial charge on any atom is 0.269 e. The molecule has 186 valence electrons. The van der Waals surface area contributed by atoms with E-state index in [1.807, 2.05) is 29.2 Å². The molecular weight excluding hydrogens is 490 g/mol. The van der Waals surface area contributed by atoms with Gasteiger partial charge in [-0.3, -0.25) is 14.9 Å². The molecule has 3 aromatic carbocycles. The van der Waals surface area contributed by atoms with Crippen molar-refractivity contribution in [3.8, 4) is 5.75 Å². The van der Waals surface area contributed by atoms with Crippen molar-refractivity contribution in [2.24, 2.45) is 0 Å². The van der Waals surface area contributed by atoms with Crippen LogP contribution < -0.4 is 4.74 Å². The van der Waals surface area contributed by atoms with Crippen molar-refractivity contribution in [2.75, 3.05) is 13.2 Å². The predicted molar refractivity (Wildman–Crippen MR) is 142 cm³/mol. The average molecular weight is 514 g/mol. The number of carbonyl (C=O) groups excluding carboxylic acids is 1. The van der Waals surface area contributed by atoms with E-state index >= 15 is 0 Å². The van der Waals surface area contributed by atoms with Gasteiger partial charge in [0.2, 0.25) is 5.91 Å². The van der Waals surface area contributed by atoms with Crippen molar-refractivity contribution < 1.29 is 14.5 Å². The fourth-order valence-corrected chi connectivity index (χ4v) is 5.61. The lowest BCUT2D eigenvalue weighted by molar-refractivity contribution is -0.384. The molecule has 0 saturated carbocycles. The van der Waals surface area contributed by atoms with Crippen molar-refractivity contribution in [1.29, 1.82) is 0 Å². The van der Waals surface area contributed by atoms with Gasteiger partial charge >= 0.3 is 0 Å². The summed E-state index contributed by atoms with van der Waals surface area (Å²) in [5.74, 6) is 0.788. The third kappa shape index (κ3) is 4.25. The minimum absolute atomic E-state index is 0.0258. The Morgan fingerprint density at radius 2 is 2.03 bits per heavy atom. The molecule has 0 fully saturated rings. The molecule has 0 bridgehead atoms. The number of carbonyl (C=O) groups is 1. The van der Waals surface area contributed by atoms with Crippen molar-refractivity contribution in [1.82, 2.24) is 9.88 Å². The minimum Gasteiger partial charge on any atom is -0.493 e. The number of fused-ring (bicyclic) bond motifs is 4. The Bertz CT molecular complexity index is 1570. The van der Waals surface area contributed by atoms with Crippen LogP contribution in [0.2, 0.25) is 5.02 Å². The van der Waals surface area contributed by atoms with Gasteiger partial charge in [0, 0.05) is 46.7 Å². The van der Waals surface area contributed by atoms with Crippen molar-refractivity contribution in [2.45, 2.75) is 25.3 Å². The number of nitrogens with zero attached hydrogens (tertiary/aromatic N) is 2. The predicted octanol–water partition coefficient (Wildman–Crippen LogP) is 5.94. The molecular formula is C29H24ClN3O4. The molecule has 4 aromatic rings. The Morgan fingerprint density at radius 3 is 2.89 bits per heavy atom. The zero-order valence-corrected chi connectivity index (χ0v) is 20.7. The number of allylic oxidation sites excluding steroid dienone is 1. The molecule has 1 unspecified atom stereocenters. The van der Waals surface area contributed by atoms with E-state index in [1.54, 1.807) is 12.2 Å². The highest BCUT2D eigenvalue weighted by molar-refractivity contribution is 6.31. The first-order chi connectivity index (χ1) is 18.0. The molecule has 2 aliphatic rings. The number of rotatable bonds is 5. The Balaban J connectivity index is 1.33. The monoisotopic (exact) mass is 513 g/mol. The van der Waals surface area contributed by atoms with Gasteiger partial charge in [0.1, 0.15) is 5.75 Å². The highest BCUT2D eigenvalue weighted by Gasteiger charge is 2.34. The van der Waals surface area contributed by atoms with Gasteiger partial charge < -0.3 is 14.6 Å². The largest absolute Gasteiger partial charge is 0.493 e. The van der Waals surface area contributed by atoms with E-state index in [0.717, 1.165) is 40.9 Å². The zero-order chi connectivity index (χ0) is 25.5. The number of ether oxygens (including phenoxy) is 1. The second-order valence-electron chi connectivity index (χ2n) is 9.35. The van der Waals surface area contributed by atoms with Crippen LogP contribution in [0.3, 0.4) is 0 Å². The van der Waals surface area contributed by atoms with Gasteiger partial charge in [-0.1, -0.05) is 41.9 Å². The van der Waals surface area contributed by atoms with Gasteiger partial charge in [-0.25, -0.2) is 0 Å². The molecule has 37 heavy (non-hydrogen) atoms. The number of nitrogens with one attached hydrogen (secondary N) is 1. The van der Waals surface area contributed by atoms with Crippen molar-refractivity contribution >= 4 is 34.1 Å². The molecule has 2 aliphatic heterocycles. The quantitative estimate of drug-likeness (QED) is 0.203. The number of aromatic nitrogens is 1. The Kier molecular flexibility index (Phi) is 5.93. The summed E-state index contributed by atoms with van der Waals surface area (Å²) < 4.78 is 5.71. The van der Waals surface area contributed by atoms with Gasteiger partial charge in [-0.05, 0) is 65.4 Å². The van der Waals surface area contributed by atoms with Crippen LogP contribution in [0, 0.1) is 10.1 Å². The van der Waals surface area contributed by atoms with Crippen LogP contribution in [0.25, 0.3) is 10.9 Å². The standard InChI is InChI=1S/C29H24ClN3O4/c30-24-10-9-21(33(35)36)17-18(24)4-3-7-27(34)32-14-12-23-22-5-1-2-6-25(22)31-28(23)29(32)20-8-11-26-19(16-20)13-15-37-26/h1-3,5-11,16-17,29,31H,4,12-15H2/b7-3+. The van der Waals surface area contributed by atoms with Crippen LogP contribution in [-0.4, -0.2) is 33.9 Å². The number of nitro groups is 1. The number of para-hydroxylation sites is 1. The molecule has 1 atom stereocenters. The summed E-state index contributed by atoms with van der Waals surface area (Å²) in [4.78, 5) is 29.7. The van der Waals surface area contributed by atoms with Crippen molar-refractivity contribution in [3.63, 3.8) is 0 Å². The van der Waals surface area contributed by atoms with Crippen LogP contribution in [0.4, 0.5) is 5.69 Å². The molecule has 0 saturated heterocycles. The summed E-state index contributed by atoms with van der Waals surface area (Å²) in [6.07, 6.45) is 5.19. The third-order valence-electron chi connectivity index (χ3n) is 7.19. The number of non-ortho nitro benzene ring substituents is 1. The highest BCUT2D eigenvalue weighted by Crippen LogP contribution is 2.40. The van der Waals surface area contributed by atoms with E-state index in [2.05, 4.69) is 23.2 Å². The number of benzene rings is 3. The van der Waals surface area contributed by atoms with E-state index in [0.29, 0.717) is 30.2 Å². The van der Waals surface area contributed by atoms with Gasteiger partial charge in [0.05, 0.1) is 17.6 Å². The van der Waals surface area contributed by atoms with E-state index in [9.17, 15) is 14.9 Å². The molecule has 3 heterocycles. The normalized spacial score (nSPS) is 16.6. The number of hydrogen-bond donors (Lipinski definition) is 1. The number of H-pyrrole nitrogens is 1. The van der Waals surface area contributed by atoms with Crippen LogP contribution in [0.15, 0.2) is 72.8 Å². The molecule has 1 N–H and O–H groups in total. The first-order valence-corrected chi connectivity index (χ1v) is 12.6. The smallest absolute Gasteiger partial charge is 0.269 e. The third-order valence-corrected chi connectivity index (χ3v) is 7.55. The van der Waals surface area contributed by atoms with E-state index in [-0.39, 0.29) is 17.6 Å². The second kappa shape index (κ2) is 9.41. The lowest BCUT2D eigenvalue weighted by atomic mass is 9.91. The number of aromatic amines is 1. The summed E-state index contributed by atoms with van der Waals surface area (Å²) in [5, 5.41) is 12.8. The molecule has 1 aromatic heterocycles. The zero-order valence-electron chi connectivity index (χ0n) is 19.9. The Labute approximate surface area is 218 Å². The van der Waals surface area contributed by atoms with Gasteiger partial charge in [0.15, 0.2) is 0 Å². The highest BCUT2D eigenvalue weighted by atomic mass is 35.5. The van der Waals surface area contributed by atoms with E-state index in [1.165, 1.54) is 29.1 Å². The summed E-state index contributed by atoms with van der Waals surface area (Å²) in [5.41, 5.74) is 6.12. The number of hydrogen-bond acceptors (Lipinski definition) is 4. The molecule has 6 rings (SSSR count). The topological polar surface area (TPSA) is 88.5 Å². The number of amides is 1. The van der Waals surface area contributed by atoms with Gasteiger partial charge in [0.25, 0.3) is 5.69 Å². The second-order valence-corrected chi connectivity index (χ2v) is 9.76. The fraction of sp³-hybridized carbons (Fsp3) is 0.207. The Hall–Kier alpha value is -4.10. The molecule has 0 spiro atoms. The summed E-state index contributed by atoms with van der Waals surface area (Å²) in [6.45, 7) is 1.25. The SMILES string of the molecule is O=C(/C=C/Cc1cc([N+](=O)[O-])ccc1Cl)N1CCc2c([nH]c3ccccc23)C1c1ccc2c(c1)CCO2. The van der Waals surface area contributed by atoms with Crippen LogP contribution in [0.5, 0.6) is 5.75 Å². The van der Waals surface area contributed by atoms with Gasteiger partial charge in [-0.2, -0.15) is 0 Å². The van der Waals surface area contributed by atoms with E-state index in [4.69, 9.17) is 16.3 Å². The maximum absolute atomic E-state index is 13.6. The van der Waals surface area contributed by atoms with E-state index < -0.39 is 4.92 Å². The average Bonchev–Trinajstić information content (AvgIpc) is 3.53. The summed E-state index contributed by atoms with van der Waals surface area (Å²) in [7, 11) is 0. The van der Waals surface area contributed by atoms with Crippen LogP contribution in [-0.2, 0) is 24.1 Å². The first kappa shape index (κ1) is 23.3.